The Morgan fingerprint density at radius 2 is 1.66 bits per heavy atom. The average molecular weight is 403 g/mol. The Bertz CT molecular complexity index is 712. The minimum atomic E-state index is -1.12. The number of carbonyl (C=O) groups is 2. The molecule has 1 aromatic carbocycles. The van der Waals surface area contributed by atoms with Gasteiger partial charge in [0, 0.05) is 12.8 Å². The van der Waals surface area contributed by atoms with Crippen molar-refractivity contribution in [3.8, 4) is 0 Å². The van der Waals surface area contributed by atoms with Crippen molar-refractivity contribution in [3.05, 3.63) is 35.9 Å². The molecule has 3 fully saturated rings. The van der Waals surface area contributed by atoms with E-state index in [2.05, 4.69) is 5.32 Å². The molecule has 1 spiro atoms. The van der Waals surface area contributed by atoms with Gasteiger partial charge in [-0.25, -0.2) is 9.59 Å². The number of methoxy groups -OCH3 is 1. The quantitative estimate of drug-likeness (QED) is 0.776. The van der Waals surface area contributed by atoms with Crippen molar-refractivity contribution in [2.45, 2.75) is 81.5 Å². The van der Waals surface area contributed by atoms with Gasteiger partial charge in [-0.15, -0.1) is 0 Å². The molecular formula is C22H29NO6. The van der Waals surface area contributed by atoms with Gasteiger partial charge in [-0.3, -0.25) is 0 Å². The molecule has 7 heteroatoms. The molecule has 1 saturated heterocycles. The second-order valence-electron chi connectivity index (χ2n) is 8.27. The first-order chi connectivity index (χ1) is 14.0. The fraction of sp³-hybridized carbons (Fsp3) is 0.636. The van der Waals surface area contributed by atoms with Gasteiger partial charge in [0.15, 0.2) is 5.79 Å². The molecular weight excluding hydrogens is 374 g/mol. The van der Waals surface area contributed by atoms with Gasteiger partial charge in [0.25, 0.3) is 0 Å². The van der Waals surface area contributed by atoms with Crippen LogP contribution in [0.25, 0.3) is 0 Å². The summed E-state index contributed by atoms with van der Waals surface area (Å²) in [6, 6.07) is 9.42. The molecule has 2 saturated carbocycles. The maximum atomic E-state index is 12.6. The van der Waals surface area contributed by atoms with E-state index in [1.54, 1.807) is 0 Å². The molecule has 1 aromatic rings. The Morgan fingerprint density at radius 1 is 1.03 bits per heavy atom. The number of hydrogen-bond donors (Lipinski definition) is 1. The summed E-state index contributed by atoms with van der Waals surface area (Å²) in [7, 11) is 1.34. The van der Waals surface area contributed by atoms with Crippen molar-refractivity contribution < 1.29 is 28.5 Å². The van der Waals surface area contributed by atoms with Crippen LogP contribution in [0.15, 0.2) is 30.3 Å². The van der Waals surface area contributed by atoms with E-state index < -0.39 is 23.4 Å². The lowest BCUT2D eigenvalue weighted by Gasteiger charge is -2.42. The second-order valence-corrected chi connectivity index (χ2v) is 8.27. The van der Waals surface area contributed by atoms with E-state index in [-0.39, 0.29) is 18.8 Å². The molecule has 1 amide bonds. The van der Waals surface area contributed by atoms with E-state index in [0.717, 1.165) is 18.4 Å². The SMILES string of the molecule is COC(=O)C1(NC(=O)OCc2ccccc2)CCC2(CC1)O[C@@H]1CCCC[C@H]1O2. The van der Waals surface area contributed by atoms with Crippen LogP contribution < -0.4 is 5.32 Å². The van der Waals surface area contributed by atoms with E-state index >= 15 is 0 Å². The summed E-state index contributed by atoms with van der Waals surface area (Å²) in [5.41, 5.74) is -0.235. The third-order valence-corrected chi connectivity index (χ3v) is 6.37. The summed E-state index contributed by atoms with van der Waals surface area (Å²) in [4.78, 5) is 25.0. The lowest BCUT2D eigenvalue weighted by molar-refractivity contribution is -0.205. The van der Waals surface area contributed by atoms with E-state index in [1.165, 1.54) is 20.0 Å². The molecule has 7 nitrogen and oxygen atoms in total. The summed E-state index contributed by atoms with van der Waals surface area (Å²) in [5, 5.41) is 2.78. The van der Waals surface area contributed by atoms with Crippen LogP contribution in [0.2, 0.25) is 0 Å². The van der Waals surface area contributed by atoms with Crippen LogP contribution in [0, 0.1) is 0 Å². The molecule has 2 atom stereocenters. The number of ether oxygens (including phenoxy) is 4. The molecule has 0 aromatic heterocycles. The smallest absolute Gasteiger partial charge is 0.408 e. The average Bonchev–Trinajstić information content (AvgIpc) is 3.12. The normalized spacial score (nSPS) is 33.7. The molecule has 158 valence electrons. The number of benzene rings is 1. The molecule has 0 unspecified atom stereocenters. The van der Waals surface area contributed by atoms with Gasteiger partial charge in [-0.05, 0) is 31.2 Å². The highest BCUT2D eigenvalue weighted by atomic mass is 16.8. The first kappa shape index (κ1) is 20.2. The van der Waals surface area contributed by atoms with Gasteiger partial charge >= 0.3 is 12.1 Å². The number of fused-ring (bicyclic) bond motifs is 1. The van der Waals surface area contributed by atoms with E-state index in [4.69, 9.17) is 18.9 Å². The molecule has 0 radical (unpaired) electrons. The summed E-state index contributed by atoms with van der Waals surface area (Å²) in [5.74, 6) is -1.10. The minimum Gasteiger partial charge on any atom is -0.467 e. The van der Waals surface area contributed by atoms with Crippen LogP contribution in [-0.4, -0.2) is 42.7 Å². The summed E-state index contributed by atoms with van der Waals surface area (Å²) < 4.78 is 22.9. The molecule has 2 aliphatic carbocycles. The van der Waals surface area contributed by atoms with Crippen LogP contribution in [0.5, 0.6) is 0 Å². The zero-order valence-corrected chi connectivity index (χ0v) is 16.9. The molecule has 3 aliphatic rings. The Kier molecular flexibility index (Phi) is 5.79. The van der Waals surface area contributed by atoms with Gasteiger partial charge in [0.2, 0.25) is 0 Å². The van der Waals surface area contributed by atoms with Crippen LogP contribution in [0.3, 0.4) is 0 Å². The van der Waals surface area contributed by atoms with Gasteiger partial charge in [-0.2, -0.15) is 0 Å². The Labute approximate surface area is 171 Å². The zero-order chi connectivity index (χ0) is 20.3. The minimum absolute atomic E-state index is 0.142. The van der Waals surface area contributed by atoms with Gasteiger partial charge in [0.05, 0.1) is 19.3 Å². The van der Waals surface area contributed by atoms with Crippen molar-refractivity contribution in [1.29, 1.82) is 0 Å². The fourth-order valence-electron chi connectivity index (χ4n) is 4.74. The number of alkyl carbamates (subject to hydrolysis) is 1. The summed E-state index contributed by atoms with van der Waals surface area (Å²) >= 11 is 0. The molecule has 0 bridgehead atoms. The predicted molar refractivity (Wildman–Crippen MR) is 104 cm³/mol. The molecule has 1 aliphatic heterocycles. The Hall–Kier alpha value is -2.12. The maximum absolute atomic E-state index is 12.6. The third kappa shape index (κ3) is 4.26. The number of rotatable bonds is 4. The van der Waals surface area contributed by atoms with Crippen molar-refractivity contribution in [3.63, 3.8) is 0 Å². The first-order valence-electron chi connectivity index (χ1n) is 10.5. The molecule has 4 rings (SSSR count). The Balaban J connectivity index is 1.38. The third-order valence-electron chi connectivity index (χ3n) is 6.37. The highest BCUT2D eigenvalue weighted by molar-refractivity contribution is 5.85. The number of nitrogens with one attached hydrogen (secondary N) is 1. The van der Waals surface area contributed by atoms with E-state index in [0.29, 0.717) is 25.7 Å². The number of carbonyl (C=O) groups excluding carboxylic acids is 2. The fourth-order valence-corrected chi connectivity index (χ4v) is 4.74. The van der Waals surface area contributed by atoms with E-state index in [1.807, 2.05) is 30.3 Å². The van der Waals surface area contributed by atoms with Crippen molar-refractivity contribution in [2.24, 2.45) is 0 Å². The predicted octanol–water partition coefficient (Wildman–Crippen LogP) is 3.45. The van der Waals surface area contributed by atoms with Gasteiger partial charge in [-0.1, -0.05) is 43.2 Å². The topological polar surface area (TPSA) is 83.1 Å². The first-order valence-corrected chi connectivity index (χ1v) is 10.5. The van der Waals surface area contributed by atoms with Crippen molar-refractivity contribution in [1.82, 2.24) is 5.32 Å². The monoisotopic (exact) mass is 403 g/mol. The second kappa shape index (κ2) is 8.32. The zero-order valence-electron chi connectivity index (χ0n) is 16.9. The lowest BCUT2D eigenvalue weighted by Crippen LogP contribution is -2.59. The van der Waals surface area contributed by atoms with Crippen LogP contribution >= 0.6 is 0 Å². The molecule has 1 N–H and O–H groups in total. The van der Waals surface area contributed by atoms with Crippen molar-refractivity contribution >= 4 is 12.1 Å². The standard InChI is InChI=1S/C22H29NO6/c1-26-19(24)21(23-20(25)27-15-16-7-3-2-4-8-16)11-13-22(14-12-21)28-17-9-5-6-10-18(17)29-22/h2-4,7-8,17-18H,5-6,9-15H2,1H3,(H,23,25)/t17-,18-/m1/s1. The van der Waals surface area contributed by atoms with Gasteiger partial charge < -0.3 is 24.3 Å². The van der Waals surface area contributed by atoms with Gasteiger partial charge in [0.1, 0.15) is 12.1 Å². The van der Waals surface area contributed by atoms with Crippen LogP contribution in [0.1, 0.15) is 56.9 Å². The highest BCUT2D eigenvalue weighted by Crippen LogP contribution is 2.47. The Morgan fingerprint density at radius 3 is 2.24 bits per heavy atom. The van der Waals surface area contributed by atoms with Crippen LogP contribution in [0.4, 0.5) is 4.79 Å². The number of hydrogen-bond acceptors (Lipinski definition) is 6. The highest BCUT2D eigenvalue weighted by Gasteiger charge is 2.55. The van der Waals surface area contributed by atoms with Crippen molar-refractivity contribution in [2.75, 3.05) is 7.11 Å². The largest absolute Gasteiger partial charge is 0.467 e. The number of esters is 1. The van der Waals surface area contributed by atoms with E-state index in [9.17, 15) is 9.59 Å². The van der Waals surface area contributed by atoms with Crippen LogP contribution in [-0.2, 0) is 30.3 Å². The number of amides is 1. The lowest BCUT2D eigenvalue weighted by atomic mass is 9.78. The molecule has 29 heavy (non-hydrogen) atoms. The maximum Gasteiger partial charge on any atom is 0.408 e. The summed E-state index contributed by atoms with van der Waals surface area (Å²) in [6.07, 6.45) is 5.91. The molecule has 1 heterocycles. The summed E-state index contributed by atoms with van der Waals surface area (Å²) in [6.45, 7) is 0.142.